The molecule has 0 amide bonds. The summed E-state index contributed by atoms with van der Waals surface area (Å²) in [5, 5.41) is 3.49. The average molecular weight is 293 g/mol. The molecule has 3 nitrogen and oxygen atoms in total. The molecule has 21 heavy (non-hydrogen) atoms. The minimum Gasteiger partial charge on any atom is -0.312 e. The van der Waals surface area contributed by atoms with Gasteiger partial charge in [0.1, 0.15) is 5.82 Å². The van der Waals surface area contributed by atoms with Crippen molar-refractivity contribution in [1.29, 1.82) is 0 Å². The van der Waals surface area contributed by atoms with Crippen molar-refractivity contribution in [2.24, 2.45) is 5.16 Å². The summed E-state index contributed by atoms with van der Waals surface area (Å²) in [6.07, 6.45) is 0. The maximum absolute atomic E-state index is 13.3. The van der Waals surface area contributed by atoms with Gasteiger partial charge in [0.15, 0.2) is 11.6 Å². The van der Waals surface area contributed by atoms with Crippen LogP contribution in [-0.4, -0.2) is 11.7 Å². The van der Waals surface area contributed by atoms with Crippen molar-refractivity contribution < 1.29 is 22.8 Å². The Morgan fingerprint density at radius 2 is 1.71 bits per heavy atom. The Hall–Kier alpha value is -2.63. The van der Waals surface area contributed by atoms with E-state index in [0.717, 1.165) is 18.2 Å². The Labute approximate surface area is 118 Å². The Morgan fingerprint density at radius 3 is 2.38 bits per heavy atom. The highest BCUT2D eigenvalue weighted by Crippen LogP contribution is 2.11. The van der Waals surface area contributed by atoms with E-state index in [4.69, 9.17) is 0 Å². The van der Waals surface area contributed by atoms with E-state index in [2.05, 4.69) is 9.99 Å². The highest BCUT2D eigenvalue weighted by Gasteiger charge is 2.13. The van der Waals surface area contributed by atoms with Crippen molar-refractivity contribution in [2.45, 2.75) is 6.92 Å². The van der Waals surface area contributed by atoms with E-state index in [1.54, 1.807) is 0 Å². The number of oxime groups is 1. The van der Waals surface area contributed by atoms with E-state index >= 15 is 0 Å². The SMILES string of the molecule is C/C(=N\OC(=O)c1ccccc1F)c1ccc(F)c(F)c1. The zero-order chi connectivity index (χ0) is 15.4. The van der Waals surface area contributed by atoms with Crippen LogP contribution in [0.15, 0.2) is 47.6 Å². The van der Waals surface area contributed by atoms with Crippen molar-refractivity contribution in [1.82, 2.24) is 0 Å². The van der Waals surface area contributed by atoms with Gasteiger partial charge < -0.3 is 4.84 Å². The van der Waals surface area contributed by atoms with Crippen molar-refractivity contribution in [2.75, 3.05) is 0 Å². The summed E-state index contributed by atoms with van der Waals surface area (Å²) in [5.74, 6) is -3.74. The molecule has 0 N–H and O–H groups in total. The number of halogens is 3. The first kappa shape index (κ1) is 14.8. The first-order chi connectivity index (χ1) is 9.99. The van der Waals surface area contributed by atoms with Gasteiger partial charge in [0.05, 0.1) is 11.3 Å². The lowest BCUT2D eigenvalue weighted by molar-refractivity contribution is 0.0511. The number of hydrogen-bond acceptors (Lipinski definition) is 3. The number of benzene rings is 2. The van der Waals surface area contributed by atoms with Crippen molar-refractivity contribution in [3.8, 4) is 0 Å². The topological polar surface area (TPSA) is 38.7 Å². The van der Waals surface area contributed by atoms with Crippen LogP contribution < -0.4 is 0 Å². The van der Waals surface area contributed by atoms with E-state index < -0.39 is 23.4 Å². The van der Waals surface area contributed by atoms with Crippen LogP contribution in [0, 0.1) is 17.5 Å². The lowest BCUT2D eigenvalue weighted by atomic mass is 10.1. The molecule has 108 valence electrons. The number of carbonyl (C=O) groups is 1. The second kappa shape index (κ2) is 6.21. The Bertz CT molecular complexity index is 714. The van der Waals surface area contributed by atoms with E-state index in [9.17, 15) is 18.0 Å². The van der Waals surface area contributed by atoms with Gasteiger partial charge in [-0.15, -0.1) is 0 Å². The number of nitrogens with zero attached hydrogens (tertiary/aromatic N) is 1. The molecule has 0 saturated carbocycles. The maximum atomic E-state index is 13.3. The van der Waals surface area contributed by atoms with E-state index in [0.29, 0.717) is 0 Å². The van der Waals surface area contributed by atoms with Gasteiger partial charge in [-0.05, 0) is 37.3 Å². The molecule has 0 fully saturated rings. The van der Waals surface area contributed by atoms with Crippen molar-refractivity contribution in [3.05, 3.63) is 71.0 Å². The zero-order valence-corrected chi connectivity index (χ0v) is 10.9. The normalized spacial score (nSPS) is 11.3. The maximum Gasteiger partial charge on any atom is 0.368 e. The summed E-state index contributed by atoms with van der Waals surface area (Å²) < 4.78 is 39.2. The Kier molecular flexibility index (Phi) is 4.37. The highest BCUT2D eigenvalue weighted by atomic mass is 19.2. The summed E-state index contributed by atoms with van der Waals surface area (Å²) in [7, 11) is 0. The molecule has 0 aliphatic carbocycles. The number of rotatable bonds is 3. The molecular formula is C15H10F3NO2. The van der Waals surface area contributed by atoms with Gasteiger partial charge in [-0.2, -0.15) is 0 Å². The monoisotopic (exact) mass is 293 g/mol. The molecule has 0 spiro atoms. The molecule has 0 aromatic heterocycles. The molecule has 2 aromatic carbocycles. The molecule has 0 aliphatic heterocycles. The lowest BCUT2D eigenvalue weighted by Crippen LogP contribution is -2.06. The van der Waals surface area contributed by atoms with Crippen molar-refractivity contribution >= 4 is 11.7 Å². The van der Waals surface area contributed by atoms with Crippen LogP contribution in [0.4, 0.5) is 13.2 Å². The van der Waals surface area contributed by atoms with Crippen molar-refractivity contribution in [3.63, 3.8) is 0 Å². The quantitative estimate of drug-likeness (QED) is 0.492. The van der Waals surface area contributed by atoms with Crippen LogP contribution in [0.1, 0.15) is 22.8 Å². The fraction of sp³-hybridized carbons (Fsp3) is 0.0667. The second-order valence-corrected chi connectivity index (χ2v) is 4.16. The van der Waals surface area contributed by atoms with Gasteiger partial charge in [-0.1, -0.05) is 17.3 Å². The van der Waals surface area contributed by atoms with Gasteiger partial charge >= 0.3 is 5.97 Å². The highest BCUT2D eigenvalue weighted by molar-refractivity contribution is 5.99. The molecule has 0 aliphatic rings. The summed E-state index contributed by atoms with van der Waals surface area (Å²) in [6, 6.07) is 8.41. The van der Waals surface area contributed by atoms with E-state index in [1.165, 1.54) is 31.2 Å². The molecule has 0 unspecified atom stereocenters. The molecule has 0 bridgehead atoms. The molecule has 0 saturated heterocycles. The number of hydrogen-bond donors (Lipinski definition) is 0. The van der Waals surface area contributed by atoms with Crippen LogP contribution in [0.3, 0.4) is 0 Å². The predicted octanol–water partition coefficient (Wildman–Crippen LogP) is 3.68. The van der Waals surface area contributed by atoms with Gasteiger partial charge in [0.2, 0.25) is 0 Å². The third-order valence-electron chi connectivity index (χ3n) is 2.70. The van der Waals surface area contributed by atoms with Crippen LogP contribution in [0.25, 0.3) is 0 Å². The summed E-state index contributed by atoms with van der Waals surface area (Å²) in [6.45, 7) is 1.45. The molecule has 0 heterocycles. The van der Waals surface area contributed by atoms with Crippen LogP contribution in [0.2, 0.25) is 0 Å². The second-order valence-electron chi connectivity index (χ2n) is 4.16. The minimum absolute atomic E-state index is 0.151. The van der Waals surface area contributed by atoms with E-state index in [-0.39, 0.29) is 16.8 Å². The predicted molar refractivity (Wildman–Crippen MR) is 70.4 cm³/mol. The van der Waals surface area contributed by atoms with Gasteiger partial charge in [-0.25, -0.2) is 18.0 Å². The third-order valence-corrected chi connectivity index (χ3v) is 2.70. The number of carbonyl (C=O) groups excluding carboxylic acids is 1. The Balaban J connectivity index is 2.15. The standard InChI is InChI=1S/C15H10F3NO2/c1-9(10-6-7-13(17)14(18)8-10)19-21-15(20)11-4-2-3-5-12(11)16/h2-8H,1H3/b19-9+. The summed E-state index contributed by atoms with van der Waals surface area (Å²) in [4.78, 5) is 16.2. The lowest BCUT2D eigenvalue weighted by Gasteiger charge is -2.03. The van der Waals surface area contributed by atoms with Gasteiger partial charge in [0, 0.05) is 5.56 Å². The molecule has 2 rings (SSSR count). The van der Waals surface area contributed by atoms with Gasteiger partial charge in [-0.3, -0.25) is 0 Å². The van der Waals surface area contributed by atoms with Gasteiger partial charge in [0.25, 0.3) is 0 Å². The minimum atomic E-state index is -1.04. The molecule has 6 heteroatoms. The third kappa shape index (κ3) is 3.47. The first-order valence-electron chi connectivity index (χ1n) is 5.95. The molecular weight excluding hydrogens is 283 g/mol. The Morgan fingerprint density at radius 1 is 1.00 bits per heavy atom. The average Bonchev–Trinajstić information content (AvgIpc) is 2.47. The fourth-order valence-electron chi connectivity index (χ4n) is 1.56. The summed E-state index contributed by atoms with van der Waals surface area (Å²) in [5.41, 5.74) is 0.133. The van der Waals surface area contributed by atoms with Crippen LogP contribution in [-0.2, 0) is 4.84 Å². The van der Waals surface area contributed by atoms with Crippen LogP contribution in [0.5, 0.6) is 0 Å². The summed E-state index contributed by atoms with van der Waals surface area (Å²) >= 11 is 0. The molecule has 0 radical (unpaired) electrons. The molecule has 0 atom stereocenters. The zero-order valence-electron chi connectivity index (χ0n) is 10.9. The fourth-order valence-corrected chi connectivity index (χ4v) is 1.56. The molecule has 2 aromatic rings. The first-order valence-corrected chi connectivity index (χ1v) is 5.95. The smallest absolute Gasteiger partial charge is 0.312 e. The van der Waals surface area contributed by atoms with Crippen LogP contribution >= 0.6 is 0 Å². The van der Waals surface area contributed by atoms with E-state index in [1.807, 2.05) is 0 Å². The largest absolute Gasteiger partial charge is 0.368 e.